The van der Waals surface area contributed by atoms with Crippen molar-refractivity contribution in [1.29, 1.82) is 0 Å². The first kappa shape index (κ1) is 16.6. The van der Waals surface area contributed by atoms with Gasteiger partial charge in [-0.15, -0.1) is 0 Å². The molecular weight excluding hydrogens is 318 g/mol. The van der Waals surface area contributed by atoms with Crippen LogP contribution < -0.4 is 14.8 Å². The first-order valence-electron chi connectivity index (χ1n) is 7.74. The van der Waals surface area contributed by atoms with Crippen molar-refractivity contribution in [3.05, 3.63) is 60.3 Å². The Morgan fingerprint density at radius 2 is 1.84 bits per heavy atom. The first-order chi connectivity index (χ1) is 12.1. The van der Waals surface area contributed by atoms with Crippen molar-refractivity contribution < 1.29 is 14.3 Å². The van der Waals surface area contributed by atoms with E-state index in [1.807, 2.05) is 31.3 Å². The lowest BCUT2D eigenvalue weighted by Gasteiger charge is -2.11. The van der Waals surface area contributed by atoms with Crippen LogP contribution in [0.3, 0.4) is 0 Å². The Morgan fingerprint density at radius 1 is 1.04 bits per heavy atom. The van der Waals surface area contributed by atoms with Crippen molar-refractivity contribution >= 4 is 11.6 Å². The zero-order chi connectivity index (χ0) is 17.8. The van der Waals surface area contributed by atoms with Crippen molar-refractivity contribution in [3.8, 4) is 22.8 Å². The average Bonchev–Trinajstić information content (AvgIpc) is 3.07. The van der Waals surface area contributed by atoms with Gasteiger partial charge in [-0.3, -0.25) is 9.48 Å². The molecule has 3 rings (SSSR count). The maximum atomic E-state index is 12.6. The largest absolute Gasteiger partial charge is 0.493 e. The molecule has 1 N–H and O–H groups in total. The van der Waals surface area contributed by atoms with E-state index in [9.17, 15) is 4.79 Å². The highest BCUT2D eigenvalue weighted by Crippen LogP contribution is 2.30. The number of nitrogens with zero attached hydrogens (tertiary/aromatic N) is 2. The molecule has 0 atom stereocenters. The van der Waals surface area contributed by atoms with E-state index in [0.717, 1.165) is 11.3 Å². The summed E-state index contributed by atoms with van der Waals surface area (Å²) >= 11 is 0. The average molecular weight is 337 g/mol. The number of amides is 1. The van der Waals surface area contributed by atoms with E-state index in [2.05, 4.69) is 10.4 Å². The molecule has 0 aliphatic rings. The summed E-state index contributed by atoms with van der Waals surface area (Å²) in [6.45, 7) is 0. The summed E-state index contributed by atoms with van der Waals surface area (Å²) < 4.78 is 12.2. The summed E-state index contributed by atoms with van der Waals surface area (Å²) in [6, 6.07) is 14.6. The SMILES string of the molecule is COc1ccc(NC(=O)c2cccc(-c3ccnn3C)c2)cc1OC. The fourth-order valence-corrected chi connectivity index (χ4v) is 2.59. The van der Waals surface area contributed by atoms with E-state index >= 15 is 0 Å². The first-order valence-corrected chi connectivity index (χ1v) is 7.74. The Balaban J connectivity index is 1.83. The zero-order valence-electron chi connectivity index (χ0n) is 14.3. The van der Waals surface area contributed by atoms with Gasteiger partial charge in [0.05, 0.1) is 19.9 Å². The molecule has 0 radical (unpaired) electrons. The topological polar surface area (TPSA) is 65.4 Å². The molecule has 1 aromatic heterocycles. The number of ether oxygens (including phenoxy) is 2. The maximum Gasteiger partial charge on any atom is 0.255 e. The minimum Gasteiger partial charge on any atom is -0.493 e. The second-order valence-electron chi connectivity index (χ2n) is 5.44. The van der Waals surface area contributed by atoms with E-state index in [0.29, 0.717) is 22.7 Å². The second kappa shape index (κ2) is 7.09. The molecule has 25 heavy (non-hydrogen) atoms. The van der Waals surface area contributed by atoms with Crippen molar-refractivity contribution in [2.45, 2.75) is 0 Å². The maximum absolute atomic E-state index is 12.6. The molecule has 0 saturated heterocycles. The Kier molecular flexibility index (Phi) is 4.70. The van der Waals surface area contributed by atoms with Gasteiger partial charge in [0.2, 0.25) is 0 Å². The Hall–Kier alpha value is -3.28. The van der Waals surface area contributed by atoms with E-state index in [1.165, 1.54) is 0 Å². The third-order valence-electron chi connectivity index (χ3n) is 3.88. The molecule has 6 heteroatoms. The number of aryl methyl sites for hydroxylation is 1. The van der Waals surface area contributed by atoms with Crippen molar-refractivity contribution in [1.82, 2.24) is 9.78 Å². The van der Waals surface area contributed by atoms with Crippen LogP contribution in [0.25, 0.3) is 11.3 Å². The Morgan fingerprint density at radius 3 is 2.52 bits per heavy atom. The molecule has 0 aliphatic heterocycles. The lowest BCUT2D eigenvalue weighted by Crippen LogP contribution is -2.12. The summed E-state index contributed by atoms with van der Waals surface area (Å²) in [5.41, 5.74) is 3.07. The van der Waals surface area contributed by atoms with Crippen LogP contribution in [0.1, 0.15) is 10.4 Å². The fourth-order valence-electron chi connectivity index (χ4n) is 2.59. The van der Waals surface area contributed by atoms with Gasteiger partial charge in [0.25, 0.3) is 5.91 Å². The van der Waals surface area contributed by atoms with Crippen LogP contribution in [0.15, 0.2) is 54.7 Å². The molecule has 2 aromatic carbocycles. The zero-order valence-corrected chi connectivity index (χ0v) is 14.3. The lowest BCUT2D eigenvalue weighted by atomic mass is 10.1. The van der Waals surface area contributed by atoms with Gasteiger partial charge in [-0.25, -0.2) is 0 Å². The summed E-state index contributed by atoms with van der Waals surface area (Å²) in [5, 5.41) is 7.04. The summed E-state index contributed by atoms with van der Waals surface area (Å²) in [5.74, 6) is 0.971. The third kappa shape index (κ3) is 3.47. The predicted molar refractivity (Wildman–Crippen MR) is 96.1 cm³/mol. The minimum absolute atomic E-state index is 0.198. The molecule has 0 saturated carbocycles. The number of carbonyl (C=O) groups is 1. The number of carbonyl (C=O) groups excluding carboxylic acids is 1. The monoisotopic (exact) mass is 337 g/mol. The van der Waals surface area contributed by atoms with E-state index in [4.69, 9.17) is 9.47 Å². The molecule has 0 aliphatic carbocycles. The van der Waals surface area contributed by atoms with Gasteiger partial charge >= 0.3 is 0 Å². The smallest absolute Gasteiger partial charge is 0.255 e. The third-order valence-corrected chi connectivity index (χ3v) is 3.88. The van der Waals surface area contributed by atoms with Gasteiger partial charge in [-0.1, -0.05) is 12.1 Å². The quantitative estimate of drug-likeness (QED) is 0.775. The van der Waals surface area contributed by atoms with Crippen LogP contribution in [0.4, 0.5) is 5.69 Å². The van der Waals surface area contributed by atoms with Crippen LogP contribution in [-0.4, -0.2) is 29.9 Å². The Bertz CT molecular complexity index is 902. The molecule has 0 fully saturated rings. The summed E-state index contributed by atoms with van der Waals surface area (Å²) in [4.78, 5) is 12.6. The number of benzene rings is 2. The molecular formula is C19H19N3O3. The van der Waals surface area contributed by atoms with Gasteiger partial charge < -0.3 is 14.8 Å². The molecule has 6 nitrogen and oxygen atoms in total. The van der Waals surface area contributed by atoms with Crippen LogP contribution in [0.2, 0.25) is 0 Å². The van der Waals surface area contributed by atoms with E-state index in [1.54, 1.807) is 49.4 Å². The molecule has 128 valence electrons. The number of rotatable bonds is 5. The van der Waals surface area contributed by atoms with Crippen LogP contribution in [-0.2, 0) is 7.05 Å². The number of nitrogens with one attached hydrogen (secondary N) is 1. The van der Waals surface area contributed by atoms with Gasteiger partial charge in [-0.2, -0.15) is 5.10 Å². The van der Waals surface area contributed by atoms with Crippen molar-refractivity contribution in [3.63, 3.8) is 0 Å². The van der Waals surface area contributed by atoms with Crippen molar-refractivity contribution in [2.75, 3.05) is 19.5 Å². The molecule has 0 unspecified atom stereocenters. The second-order valence-corrected chi connectivity index (χ2v) is 5.44. The molecule has 0 spiro atoms. The molecule has 0 bridgehead atoms. The van der Waals surface area contributed by atoms with E-state index in [-0.39, 0.29) is 5.91 Å². The predicted octanol–water partition coefficient (Wildman–Crippen LogP) is 3.36. The van der Waals surface area contributed by atoms with Crippen LogP contribution >= 0.6 is 0 Å². The lowest BCUT2D eigenvalue weighted by molar-refractivity contribution is 0.102. The highest BCUT2D eigenvalue weighted by Gasteiger charge is 2.11. The van der Waals surface area contributed by atoms with Crippen LogP contribution in [0.5, 0.6) is 11.5 Å². The fraction of sp³-hybridized carbons (Fsp3) is 0.158. The number of methoxy groups -OCH3 is 2. The molecule has 3 aromatic rings. The number of hydrogen-bond acceptors (Lipinski definition) is 4. The molecule has 1 heterocycles. The number of aromatic nitrogens is 2. The van der Waals surface area contributed by atoms with E-state index < -0.39 is 0 Å². The summed E-state index contributed by atoms with van der Waals surface area (Å²) in [7, 11) is 4.99. The van der Waals surface area contributed by atoms with Gasteiger partial charge in [0, 0.05) is 36.1 Å². The highest BCUT2D eigenvalue weighted by atomic mass is 16.5. The van der Waals surface area contributed by atoms with Gasteiger partial charge in [-0.05, 0) is 30.3 Å². The number of anilines is 1. The van der Waals surface area contributed by atoms with Gasteiger partial charge in [0.1, 0.15) is 0 Å². The highest BCUT2D eigenvalue weighted by molar-refractivity contribution is 6.05. The van der Waals surface area contributed by atoms with Crippen LogP contribution in [0, 0.1) is 0 Å². The van der Waals surface area contributed by atoms with Crippen molar-refractivity contribution in [2.24, 2.45) is 7.05 Å². The number of hydrogen-bond donors (Lipinski definition) is 1. The standard InChI is InChI=1S/C19H19N3O3/c1-22-16(9-10-20-22)13-5-4-6-14(11-13)19(23)21-15-7-8-17(24-2)18(12-15)25-3/h4-12H,1-3H3,(H,21,23). The normalized spacial score (nSPS) is 10.4. The molecule has 1 amide bonds. The Labute approximate surface area is 146 Å². The van der Waals surface area contributed by atoms with Gasteiger partial charge in [0.15, 0.2) is 11.5 Å². The minimum atomic E-state index is -0.198. The summed E-state index contributed by atoms with van der Waals surface area (Å²) in [6.07, 6.45) is 1.73.